The first-order valence-corrected chi connectivity index (χ1v) is 7.68. The lowest BCUT2D eigenvalue weighted by Crippen LogP contribution is -2.29. The van der Waals surface area contributed by atoms with Gasteiger partial charge >= 0.3 is 0 Å². The standard InChI is InChI=1S/C17H24FN/c1-3-6-19-17(14-8-12-7-13(12)9-14)16-10-15(18)5-4-11(16)2/h4-5,10,12-14,17,19H,3,6-9H2,1-2H3. The summed E-state index contributed by atoms with van der Waals surface area (Å²) in [6.45, 7) is 5.31. The van der Waals surface area contributed by atoms with Gasteiger partial charge in [0.25, 0.3) is 0 Å². The summed E-state index contributed by atoms with van der Waals surface area (Å²) >= 11 is 0. The fourth-order valence-electron chi connectivity index (χ4n) is 3.81. The van der Waals surface area contributed by atoms with E-state index in [9.17, 15) is 4.39 Å². The minimum absolute atomic E-state index is 0.105. The van der Waals surface area contributed by atoms with Crippen LogP contribution in [0.3, 0.4) is 0 Å². The van der Waals surface area contributed by atoms with Crippen LogP contribution in [-0.2, 0) is 0 Å². The van der Waals surface area contributed by atoms with E-state index >= 15 is 0 Å². The molecule has 1 nitrogen and oxygen atoms in total. The Kier molecular flexibility index (Phi) is 3.62. The van der Waals surface area contributed by atoms with Gasteiger partial charge in [0.2, 0.25) is 0 Å². The molecule has 0 bridgehead atoms. The van der Waals surface area contributed by atoms with E-state index in [0.717, 1.165) is 24.8 Å². The van der Waals surface area contributed by atoms with Gasteiger partial charge in [0.15, 0.2) is 0 Å². The summed E-state index contributed by atoms with van der Waals surface area (Å²) in [6, 6.07) is 5.58. The molecule has 1 aromatic rings. The van der Waals surface area contributed by atoms with Crippen molar-refractivity contribution in [1.29, 1.82) is 0 Å². The third-order valence-corrected chi connectivity index (χ3v) is 4.94. The van der Waals surface area contributed by atoms with Crippen molar-refractivity contribution in [2.24, 2.45) is 17.8 Å². The Labute approximate surface area is 115 Å². The summed E-state index contributed by atoms with van der Waals surface area (Å²) in [5, 5.41) is 3.67. The van der Waals surface area contributed by atoms with E-state index in [1.807, 2.05) is 6.07 Å². The van der Waals surface area contributed by atoms with Crippen LogP contribution in [0.1, 0.15) is 49.8 Å². The van der Waals surface area contributed by atoms with Gasteiger partial charge in [-0.1, -0.05) is 13.0 Å². The highest BCUT2D eigenvalue weighted by Crippen LogP contribution is 2.57. The van der Waals surface area contributed by atoms with E-state index in [2.05, 4.69) is 19.2 Å². The molecule has 0 amide bonds. The lowest BCUT2D eigenvalue weighted by atomic mass is 9.87. The van der Waals surface area contributed by atoms with Gasteiger partial charge in [0.05, 0.1) is 0 Å². The summed E-state index contributed by atoms with van der Waals surface area (Å²) in [5.41, 5.74) is 2.40. The molecule has 19 heavy (non-hydrogen) atoms. The van der Waals surface area contributed by atoms with Crippen molar-refractivity contribution in [3.05, 3.63) is 35.1 Å². The smallest absolute Gasteiger partial charge is 0.123 e. The molecule has 3 rings (SSSR count). The van der Waals surface area contributed by atoms with Gasteiger partial charge in [0, 0.05) is 6.04 Å². The molecule has 0 aromatic heterocycles. The van der Waals surface area contributed by atoms with Crippen molar-refractivity contribution in [2.45, 2.75) is 45.6 Å². The SMILES string of the molecule is CCCNC(c1cc(F)ccc1C)C1CC2CC2C1. The molecule has 104 valence electrons. The van der Waals surface area contributed by atoms with Gasteiger partial charge in [-0.25, -0.2) is 4.39 Å². The number of aryl methyl sites for hydroxylation is 1. The van der Waals surface area contributed by atoms with Crippen molar-refractivity contribution >= 4 is 0 Å². The monoisotopic (exact) mass is 261 g/mol. The van der Waals surface area contributed by atoms with Crippen LogP contribution in [0.5, 0.6) is 0 Å². The van der Waals surface area contributed by atoms with Crippen molar-refractivity contribution < 1.29 is 4.39 Å². The number of fused-ring (bicyclic) bond motifs is 1. The van der Waals surface area contributed by atoms with Crippen molar-refractivity contribution in [3.63, 3.8) is 0 Å². The van der Waals surface area contributed by atoms with Crippen LogP contribution in [-0.4, -0.2) is 6.54 Å². The predicted octanol–water partition coefficient (Wildman–Crippen LogP) is 4.22. The molecule has 3 atom stereocenters. The highest BCUT2D eigenvalue weighted by molar-refractivity contribution is 5.30. The van der Waals surface area contributed by atoms with E-state index in [-0.39, 0.29) is 5.82 Å². The Balaban J connectivity index is 1.82. The first-order valence-electron chi connectivity index (χ1n) is 7.68. The van der Waals surface area contributed by atoms with Crippen molar-refractivity contribution in [1.82, 2.24) is 5.32 Å². The fourth-order valence-corrected chi connectivity index (χ4v) is 3.81. The minimum atomic E-state index is -0.105. The Bertz CT molecular complexity index is 447. The average molecular weight is 261 g/mol. The minimum Gasteiger partial charge on any atom is -0.310 e. The number of nitrogens with one attached hydrogen (secondary N) is 1. The number of hydrogen-bond acceptors (Lipinski definition) is 1. The lowest BCUT2D eigenvalue weighted by Gasteiger charge is -2.28. The van der Waals surface area contributed by atoms with Crippen LogP contribution in [0.2, 0.25) is 0 Å². The number of benzene rings is 1. The number of hydrogen-bond donors (Lipinski definition) is 1. The molecule has 0 aliphatic heterocycles. The third-order valence-electron chi connectivity index (χ3n) is 4.94. The maximum Gasteiger partial charge on any atom is 0.123 e. The van der Waals surface area contributed by atoms with Crippen LogP contribution < -0.4 is 5.32 Å². The summed E-state index contributed by atoms with van der Waals surface area (Å²) in [7, 11) is 0. The Morgan fingerprint density at radius 3 is 2.68 bits per heavy atom. The van der Waals surface area contributed by atoms with Gasteiger partial charge in [-0.3, -0.25) is 0 Å². The highest BCUT2D eigenvalue weighted by atomic mass is 19.1. The quantitative estimate of drug-likeness (QED) is 0.836. The zero-order chi connectivity index (χ0) is 13.4. The van der Waals surface area contributed by atoms with Gasteiger partial charge in [-0.15, -0.1) is 0 Å². The zero-order valence-corrected chi connectivity index (χ0v) is 12.0. The molecule has 1 aromatic carbocycles. The molecule has 2 aliphatic carbocycles. The van der Waals surface area contributed by atoms with E-state index in [4.69, 9.17) is 0 Å². The van der Waals surface area contributed by atoms with E-state index in [0.29, 0.717) is 12.0 Å². The summed E-state index contributed by atoms with van der Waals surface area (Å²) in [6.07, 6.45) is 5.24. The summed E-state index contributed by atoms with van der Waals surface area (Å²) in [4.78, 5) is 0. The van der Waals surface area contributed by atoms with Crippen LogP contribution in [0, 0.1) is 30.5 Å². The van der Waals surface area contributed by atoms with Gasteiger partial charge in [-0.2, -0.15) is 0 Å². The average Bonchev–Trinajstić information content (AvgIpc) is 3.01. The summed E-state index contributed by atoms with van der Waals surface area (Å²) in [5.74, 6) is 2.55. The van der Waals surface area contributed by atoms with Crippen LogP contribution in [0.25, 0.3) is 0 Å². The molecule has 2 saturated carbocycles. The molecule has 0 heterocycles. The normalized spacial score (nSPS) is 30.2. The molecule has 2 fully saturated rings. The lowest BCUT2D eigenvalue weighted by molar-refractivity contribution is 0.340. The Hall–Kier alpha value is -0.890. The topological polar surface area (TPSA) is 12.0 Å². The van der Waals surface area contributed by atoms with E-state index < -0.39 is 0 Å². The van der Waals surface area contributed by atoms with Gasteiger partial charge < -0.3 is 5.32 Å². The predicted molar refractivity (Wildman–Crippen MR) is 76.5 cm³/mol. The molecule has 0 saturated heterocycles. The van der Waals surface area contributed by atoms with E-state index in [1.165, 1.54) is 30.4 Å². The van der Waals surface area contributed by atoms with Crippen molar-refractivity contribution in [3.8, 4) is 0 Å². The molecule has 0 spiro atoms. The fraction of sp³-hybridized carbons (Fsp3) is 0.647. The third kappa shape index (κ3) is 2.69. The van der Waals surface area contributed by atoms with Crippen LogP contribution in [0.4, 0.5) is 4.39 Å². The summed E-state index contributed by atoms with van der Waals surface area (Å²) < 4.78 is 13.6. The molecule has 2 heteroatoms. The largest absolute Gasteiger partial charge is 0.310 e. The zero-order valence-electron chi connectivity index (χ0n) is 12.0. The maximum atomic E-state index is 13.6. The molecule has 3 unspecified atom stereocenters. The second-order valence-corrected chi connectivity index (χ2v) is 6.42. The van der Waals surface area contributed by atoms with Crippen molar-refractivity contribution in [2.75, 3.05) is 6.54 Å². The maximum absolute atomic E-state index is 13.6. The van der Waals surface area contributed by atoms with Crippen LogP contribution in [0.15, 0.2) is 18.2 Å². The first-order chi connectivity index (χ1) is 9.19. The number of halogens is 1. The Morgan fingerprint density at radius 2 is 2.00 bits per heavy atom. The molecule has 1 N–H and O–H groups in total. The number of rotatable bonds is 5. The van der Waals surface area contributed by atoms with E-state index in [1.54, 1.807) is 12.1 Å². The second kappa shape index (κ2) is 5.24. The van der Waals surface area contributed by atoms with Gasteiger partial charge in [0.1, 0.15) is 5.82 Å². The van der Waals surface area contributed by atoms with Gasteiger partial charge in [-0.05, 0) is 80.2 Å². The highest BCUT2D eigenvalue weighted by Gasteiger charge is 2.48. The molecule has 2 aliphatic rings. The molecule has 0 radical (unpaired) electrons. The first kappa shape index (κ1) is 13.1. The second-order valence-electron chi connectivity index (χ2n) is 6.42. The van der Waals surface area contributed by atoms with Crippen LogP contribution >= 0.6 is 0 Å². The molecular formula is C17H24FN. The Morgan fingerprint density at radius 1 is 1.26 bits per heavy atom. The molecular weight excluding hydrogens is 237 g/mol.